The van der Waals surface area contributed by atoms with Crippen molar-refractivity contribution in [3.63, 3.8) is 0 Å². The van der Waals surface area contributed by atoms with Crippen molar-refractivity contribution in [3.8, 4) is 11.1 Å². The number of hydrogen-bond donors (Lipinski definition) is 1. The third-order valence-electron chi connectivity index (χ3n) is 3.78. The van der Waals surface area contributed by atoms with Crippen molar-refractivity contribution in [2.24, 2.45) is 0 Å². The van der Waals surface area contributed by atoms with E-state index in [0.29, 0.717) is 5.56 Å². The normalized spacial score (nSPS) is 14.5. The lowest BCUT2D eigenvalue weighted by Crippen LogP contribution is -2.23. The fraction of sp³-hybridized carbons (Fsp3) is 0.400. The van der Waals surface area contributed by atoms with E-state index in [2.05, 4.69) is 20.1 Å². The molecule has 0 aromatic carbocycles. The predicted octanol–water partition coefficient (Wildman–Crippen LogP) is 1.50. The summed E-state index contributed by atoms with van der Waals surface area (Å²) in [5.41, 5.74) is 2.21. The van der Waals surface area contributed by atoms with Gasteiger partial charge in [-0.25, -0.2) is 10.1 Å². The Morgan fingerprint density at radius 2 is 1.95 bits per heavy atom. The van der Waals surface area contributed by atoms with Gasteiger partial charge in [0.05, 0.1) is 17.4 Å². The molecule has 0 saturated carbocycles. The van der Waals surface area contributed by atoms with Crippen molar-refractivity contribution in [2.75, 3.05) is 37.0 Å². The molecule has 3 heterocycles. The molecule has 1 saturated heterocycles. The molecule has 0 atom stereocenters. The molecule has 1 N–H and O–H groups in total. The highest BCUT2D eigenvalue weighted by molar-refractivity contribution is 5.77. The van der Waals surface area contributed by atoms with E-state index in [4.69, 9.17) is 0 Å². The van der Waals surface area contributed by atoms with Crippen LogP contribution in [0.4, 0.5) is 11.5 Å². The number of rotatable bonds is 3. The van der Waals surface area contributed by atoms with Crippen LogP contribution >= 0.6 is 0 Å². The number of nitrogens with one attached hydrogen (secondary N) is 1. The molecule has 2 aromatic heterocycles. The van der Waals surface area contributed by atoms with E-state index in [1.807, 2.05) is 31.1 Å². The van der Waals surface area contributed by atoms with Gasteiger partial charge in [-0.15, -0.1) is 0 Å². The molecule has 0 unspecified atom stereocenters. The third-order valence-corrected chi connectivity index (χ3v) is 3.78. The van der Waals surface area contributed by atoms with Crippen LogP contribution in [-0.4, -0.2) is 42.4 Å². The maximum absolute atomic E-state index is 12.2. The van der Waals surface area contributed by atoms with Crippen molar-refractivity contribution in [3.05, 3.63) is 34.9 Å². The van der Waals surface area contributed by atoms with Crippen LogP contribution in [-0.2, 0) is 0 Å². The van der Waals surface area contributed by atoms with Crippen LogP contribution in [0.25, 0.3) is 11.1 Å². The van der Waals surface area contributed by atoms with E-state index in [0.717, 1.165) is 43.0 Å². The molecule has 0 radical (unpaired) electrons. The summed E-state index contributed by atoms with van der Waals surface area (Å²) in [5, 5.41) is 6.48. The van der Waals surface area contributed by atoms with Crippen molar-refractivity contribution < 1.29 is 0 Å². The second-order valence-corrected chi connectivity index (χ2v) is 5.45. The number of H-pyrrole nitrogens is 1. The van der Waals surface area contributed by atoms with Crippen LogP contribution in [0.1, 0.15) is 12.8 Å². The molecular formula is C15H19N5O. The molecule has 6 nitrogen and oxygen atoms in total. The van der Waals surface area contributed by atoms with Crippen LogP contribution in [0.3, 0.4) is 0 Å². The Labute approximate surface area is 123 Å². The zero-order valence-electron chi connectivity index (χ0n) is 12.3. The number of aromatic nitrogens is 3. The molecule has 1 fully saturated rings. The van der Waals surface area contributed by atoms with E-state index in [1.54, 1.807) is 12.4 Å². The van der Waals surface area contributed by atoms with Gasteiger partial charge in [0.1, 0.15) is 5.82 Å². The Kier molecular flexibility index (Phi) is 3.60. The molecule has 0 spiro atoms. The standard InChI is InChI=1S/C15H19N5O/c1-19(2)13-6-5-11(9-16-13)14-12(10-17-18-15(14)21)20-7-3-4-8-20/h5-6,9-10H,3-4,7-8H2,1-2H3,(H,18,21). The number of hydrogen-bond acceptors (Lipinski definition) is 5. The minimum atomic E-state index is -0.168. The van der Waals surface area contributed by atoms with Crippen molar-refractivity contribution >= 4 is 11.5 Å². The molecule has 110 valence electrons. The minimum Gasteiger partial charge on any atom is -0.370 e. The zero-order chi connectivity index (χ0) is 14.8. The summed E-state index contributed by atoms with van der Waals surface area (Å²) in [4.78, 5) is 20.8. The van der Waals surface area contributed by atoms with Crippen LogP contribution in [0, 0.1) is 0 Å². The topological polar surface area (TPSA) is 65.1 Å². The summed E-state index contributed by atoms with van der Waals surface area (Å²) in [5.74, 6) is 0.868. The third kappa shape index (κ3) is 2.61. The van der Waals surface area contributed by atoms with Crippen LogP contribution in [0.5, 0.6) is 0 Å². The second-order valence-electron chi connectivity index (χ2n) is 5.45. The monoisotopic (exact) mass is 285 g/mol. The van der Waals surface area contributed by atoms with Gasteiger partial charge in [-0.3, -0.25) is 4.79 Å². The second kappa shape index (κ2) is 5.55. The molecule has 21 heavy (non-hydrogen) atoms. The first kappa shape index (κ1) is 13.6. The lowest BCUT2D eigenvalue weighted by molar-refractivity contribution is 0.924. The highest BCUT2D eigenvalue weighted by atomic mass is 16.1. The molecule has 1 aliphatic heterocycles. The highest BCUT2D eigenvalue weighted by Gasteiger charge is 2.19. The minimum absolute atomic E-state index is 0.168. The van der Waals surface area contributed by atoms with Crippen LogP contribution < -0.4 is 15.4 Å². The number of aromatic amines is 1. The predicted molar refractivity (Wildman–Crippen MR) is 83.9 cm³/mol. The van der Waals surface area contributed by atoms with E-state index >= 15 is 0 Å². The number of pyridine rings is 1. The first-order valence-electron chi connectivity index (χ1n) is 7.13. The van der Waals surface area contributed by atoms with E-state index < -0.39 is 0 Å². The molecule has 1 aliphatic rings. The molecule has 6 heteroatoms. The van der Waals surface area contributed by atoms with E-state index in [-0.39, 0.29) is 5.56 Å². The lowest BCUT2D eigenvalue weighted by atomic mass is 10.1. The van der Waals surface area contributed by atoms with Gasteiger partial charge in [-0.1, -0.05) is 0 Å². The van der Waals surface area contributed by atoms with Crippen molar-refractivity contribution in [2.45, 2.75) is 12.8 Å². The molecule has 0 aliphatic carbocycles. The summed E-state index contributed by atoms with van der Waals surface area (Å²) < 4.78 is 0. The summed E-state index contributed by atoms with van der Waals surface area (Å²) in [6.45, 7) is 1.95. The molecule has 3 rings (SSSR count). The first-order chi connectivity index (χ1) is 10.2. The first-order valence-corrected chi connectivity index (χ1v) is 7.13. The van der Waals surface area contributed by atoms with Crippen molar-refractivity contribution in [1.82, 2.24) is 15.2 Å². The van der Waals surface area contributed by atoms with Gasteiger partial charge in [0.2, 0.25) is 0 Å². The summed E-state index contributed by atoms with van der Waals surface area (Å²) in [6, 6.07) is 3.86. The Hall–Kier alpha value is -2.37. The quantitative estimate of drug-likeness (QED) is 0.925. The number of anilines is 2. The summed E-state index contributed by atoms with van der Waals surface area (Å²) in [6.07, 6.45) is 5.80. The SMILES string of the molecule is CN(C)c1ccc(-c2c(N3CCCC3)cn[nH]c2=O)cn1. The lowest BCUT2D eigenvalue weighted by Gasteiger charge is -2.20. The van der Waals surface area contributed by atoms with Gasteiger partial charge in [0, 0.05) is 38.9 Å². The van der Waals surface area contributed by atoms with E-state index in [1.165, 1.54) is 0 Å². The van der Waals surface area contributed by atoms with Gasteiger partial charge in [-0.2, -0.15) is 5.10 Å². The largest absolute Gasteiger partial charge is 0.370 e. The van der Waals surface area contributed by atoms with Crippen LogP contribution in [0.15, 0.2) is 29.3 Å². The van der Waals surface area contributed by atoms with Gasteiger partial charge in [-0.05, 0) is 25.0 Å². The van der Waals surface area contributed by atoms with Gasteiger partial charge >= 0.3 is 0 Å². The summed E-state index contributed by atoms with van der Waals surface area (Å²) in [7, 11) is 3.88. The number of nitrogens with zero attached hydrogens (tertiary/aromatic N) is 4. The fourth-order valence-corrected chi connectivity index (χ4v) is 2.66. The van der Waals surface area contributed by atoms with Crippen molar-refractivity contribution in [1.29, 1.82) is 0 Å². The molecule has 2 aromatic rings. The molecule has 0 bridgehead atoms. The Morgan fingerprint density at radius 1 is 1.19 bits per heavy atom. The smallest absolute Gasteiger partial charge is 0.274 e. The highest BCUT2D eigenvalue weighted by Crippen LogP contribution is 2.29. The van der Waals surface area contributed by atoms with Gasteiger partial charge < -0.3 is 9.80 Å². The fourth-order valence-electron chi connectivity index (χ4n) is 2.66. The average Bonchev–Trinajstić information content (AvgIpc) is 3.01. The van der Waals surface area contributed by atoms with Crippen LogP contribution in [0.2, 0.25) is 0 Å². The average molecular weight is 285 g/mol. The maximum Gasteiger partial charge on any atom is 0.274 e. The Morgan fingerprint density at radius 3 is 2.57 bits per heavy atom. The van der Waals surface area contributed by atoms with E-state index in [9.17, 15) is 4.79 Å². The van der Waals surface area contributed by atoms with Gasteiger partial charge in [0.15, 0.2) is 0 Å². The molecule has 0 amide bonds. The summed E-state index contributed by atoms with van der Waals surface area (Å²) >= 11 is 0. The Bertz CT molecular complexity index is 671. The Balaban J connectivity index is 2.06. The maximum atomic E-state index is 12.2. The molecular weight excluding hydrogens is 266 g/mol. The van der Waals surface area contributed by atoms with Gasteiger partial charge in [0.25, 0.3) is 5.56 Å². The zero-order valence-corrected chi connectivity index (χ0v) is 12.3.